The summed E-state index contributed by atoms with van der Waals surface area (Å²) in [7, 11) is 0. The van der Waals surface area contributed by atoms with Gasteiger partial charge in [0.15, 0.2) is 5.13 Å². The predicted octanol–water partition coefficient (Wildman–Crippen LogP) is 3.86. The third-order valence-electron chi connectivity index (χ3n) is 4.48. The molecule has 0 bridgehead atoms. The monoisotopic (exact) mass is 351 g/mol. The van der Waals surface area contributed by atoms with E-state index < -0.39 is 11.8 Å². The molecule has 0 radical (unpaired) electrons. The van der Waals surface area contributed by atoms with Crippen LogP contribution >= 0.6 is 11.3 Å². The third-order valence-corrected chi connectivity index (χ3v) is 5.23. The van der Waals surface area contributed by atoms with Gasteiger partial charge in [0.05, 0.1) is 5.69 Å². The predicted molar refractivity (Wildman–Crippen MR) is 98.3 cm³/mol. The lowest BCUT2D eigenvalue weighted by atomic mass is 9.91. The van der Waals surface area contributed by atoms with Gasteiger partial charge in [0.2, 0.25) is 0 Å². The summed E-state index contributed by atoms with van der Waals surface area (Å²) in [5, 5.41) is 7.78. The van der Waals surface area contributed by atoms with Gasteiger partial charge in [-0.15, -0.1) is 11.3 Å². The van der Waals surface area contributed by atoms with E-state index in [4.69, 9.17) is 0 Å². The van der Waals surface area contributed by atoms with E-state index in [-0.39, 0.29) is 5.41 Å². The molecule has 0 unspecified atom stereocenters. The van der Waals surface area contributed by atoms with Gasteiger partial charge in [-0.1, -0.05) is 52.9 Å². The number of hydrogen-bond donors (Lipinski definition) is 2. The van der Waals surface area contributed by atoms with Crippen LogP contribution in [0.25, 0.3) is 0 Å². The Kier molecular flexibility index (Phi) is 6.78. The summed E-state index contributed by atoms with van der Waals surface area (Å²) >= 11 is 1.35. The minimum Gasteiger partial charge on any atom is -0.348 e. The van der Waals surface area contributed by atoms with E-state index in [2.05, 4.69) is 36.4 Å². The zero-order valence-electron chi connectivity index (χ0n) is 15.0. The molecule has 1 aliphatic carbocycles. The first-order chi connectivity index (χ1) is 11.4. The fourth-order valence-corrected chi connectivity index (χ4v) is 3.82. The van der Waals surface area contributed by atoms with Gasteiger partial charge in [-0.3, -0.25) is 14.9 Å². The van der Waals surface area contributed by atoms with Crippen LogP contribution in [0.5, 0.6) is 0 Å². The summed E-state index contributed by atoms with van der Waals surface area (Å²) in [4.78, 5) is 28.4. The molecule has 0 spiro atoms. The molecule has 1 aliphatic rings. The lowest BCUT2D eigenvalue weighted by Crippen LogP contribution is -2.38. The van der Waals surface area contributed by atoms with Gasteiger partial charge in [-0.2, -0.15) is 0 Å². The molecule has 0 aromatic carbocycles. The molecule has 5 nitrogen and oxygen atoms in total. The van der Waals surface area contributed by atoms with E-state index >= 15 is 0 Å². The van der Waals surface area contributed by atoms with E-state index in [0.29, 0.717) is 17.6 Å². The van der Waals surface area contributed by atoms with E-state index in [1.165, 1.54) is 43.4 Å². The standard InChI is InChI=1S/C18H29N3O2S/c1-18(2,3)14-12-24-17(20-14)21-16(23)15(22)19-11-13-9-7-5-4-6-8-10-13/h12-13H,4-11H2,1-3H3,(H,19,22)(H,20,21,23). The number of carbonyl (C=O) groups is 2. The van der Waals surface area contributed by atoms with Crippen LogP contribution in [0.3, 0.4) is 0 Å². The number of amides is 2. The van der Waals surface area contributed by atoms with Crippen molar-refractivity contribution >= 4 is 28.3 Å². The van der Waals surface area contributed by atoms with Gasteiger partial charge >= 0.3 is 11.8 Å². The Morgan fingerprint density at radius 3 is 2.33 bits per heavy atom. The van der Waals surface area contributed by atoms with E-state index in [1.807, 2.05) is 5.38 Å². The molecule has 0 atom stereocenters. The first kappa shape index (κ1) is 18.9. The maximum Gasteiger partial charge on any atom is 0.315 e. The fraction of sp³-hybridized carbons (Fsp3) is 0.722. The second-order valence-electron chi connectivity index (χ2n) is 7.66. The van der Waals surface area contributed by atoms with Crippen molar-refractivity contribution in [3.63, 3.8) is 0 Å². The van der Waals surface area contributed by atoms with Gasteiger partial charge in [-0.05, 0) is 18.8 Å². The summed E-state index contributed by atoms with van der Waals surface area (Å²) in [5.74, 6) is -0.699. The van der Waals surface area contributed by atoms with Crippen molar-refractivity contribution in [1.82, 2.24) is 10.3 Å². The van der Waals surface area contributed by atoms with Crippen molar-refractivity contribution < 1.29 is 9.59 Å². The molecule has 2 N–H and O–H groups in total. The highest BCUT2D eigenvalue weighted by Gasteiger charge is 2.21. The average molecular weight is 352 g/mol. The Balaban J connectivity index is 1.79. The van der Waals surface area contributed by atoms with Crippen molar-refractivity contribution in [1.29, 1.82) is 0 Å². The van der Waals surface area contributed by atoms with Crippen molar-refractivity contribution in [2.45, 2.75) is 71.1 Å². The topological polar surface area (TPSA) is 71.1 Å². The molecular formula is C18H29N3O2S. The Morgan fingerprint density at radius 1 is 1.12 bits per heavy atom. The number of aromatic nitrogens is 1. The van der Waals surface area contributed by atoms with Gasteiger partial charge in [0.25, 0.3) is 0 Å². The first-order valence-electron chi connectivity index (χ1n) is 8.91. The molecule has 0 aliphatic heterocycles. The SMILES string of the molecule is CC(C)(C)c1csc(NC(=O)C(=O)NCC2CCCCCCC2)n1. The molecule has 2 amide bonds. The number of nitrogens with zero attached hydrogens (tertiary/aromatic N) is 1. The smallest absolute Gasteiger partial charge is 0.315 e. The number of rotatable bonds is 3. The minimum atomic E-state index is -0.629. The highest BCUT2D eigenvalue weighted by molar-refractivity contribution is 7.14. The molecule has 1 saturated carbocycles. The first-order valence-corrected chi connectivity index (χ1v) is 9.79. The van der Waals surface area contributed by atoms with E-state index in [1.54, 1.807) is 0 Å². The Hall–Kier alpha value is -1.43. The van der Waals surface area contributed by atoms with Gasteiger partial charge < -0.3 is 5.32 Å². The number of hydrogen-bond acceptors (Lipinski definition) is 4. The summed E-state index contributed by atoms with van der Waals surface area (Å²) in [5.41, 5.74) is 0.845. The molecule has 1 fully saturated rings. The van der Waals surface area contributed by atoms with Crippen LogP contribution in [0.4, 0.5) is 5.13 Å². The Labute approximate surface area is 148 Å². The molecule has 0 saturated heterocycles. The molecular weight excluding hydrogens is 322 g/mol. The van der Waals surface area contributed by atoms with E-state index in [0.717, 1.165) is 18.5 Å². The highest BCUT2D eigenvalue weighted by Crippen LogP contribution is 2.26. The molecule has 24 heavy (non-hydrogen) atoms. The van der Waals surface area contributed by atoms with Crippen molar-refractivity contribution in [2.24, 2.45) is 5.92 Å². The summed E-state index contributed by atoms with van der Waals surface area (Å²) in [6.07, 6.45) is 8.62. The molecule has 1 heterocycles. The summed E-state index contributed by atoms with van der Waals surface area (Å²) < 4.78 is 0. The molecule has 6 heteroatoms. The Bertz CT molecular complexity index is 555. The lowest BCUT2D eigenvalue weighted by molar-refractivity contribution is -0.136. The number of anilines is 1. The van der Waals surface area contributed by atoms with Crippen LogP contribution in [0.15, 0.2) is 5.38 Å². The van der Waals surface area contributed by atoms with Crippen molar-refractivity contribution in [3.05, 3.63) is 11.1 Å². The average Bonchev–Trinajstić information content (AvgIpc) is 2.94. The maximum absolute atomic E-state index is 12.0. The normalized spacial score (nSPS) is 17.0. The van der Waals surface area contributed by atoms with Crippen molar-refractivity contribution in [3.8, 4) is 0 Å². The summed E-state index contributed by atoms with van der Waals surface area (Å²) in [6, 6.07) is 0. The van der Waals surface area contributed by atoms with Gasteiger partial charge in [0.1, 0.15) is 0 Å². The molecule has 1 aromatic rings. The minimum absolute atomic E-state index is 0.0695. The largest absolute Gasteiger partial charge is 0.348 e. The zero-order valence-corrected chi connectivity index (χ0v) is 15.8. The maximum atomic E-state index is 12.0. The molecule has 134 valence electrons. The van der Waals surface area contributed by atoms with Crippen LogP contribution < -0.4 is 10.6 Å². The Morgan fingerprint density at radius 2 is 1.75 bits per heavy atom. The summed E-state index contributed by atoms with van der Waals surface area (Å²) in [6.45, 7) is 6.79. The van der Waals surface area contributed by atoms with Crippen LogP contribution in [-0.4, -0.2) is 23.3 Å². The quantitative estimate of drug-likeness (QED) is 0.813. The van der Waals surface area contributed by atoms with E-state index in [9.17, 15) is 9.59 Å². The van der Waals surface area contributed by atoms with Crippen LogP contribution in [0.1, 0.15) is 71.4 Å². The number of nitrogens with one attached hydrogen (secondary N) is 2. The van der Waals surface area contributed by atoms with Gasteiger partial charge in [0, 0.05) is 17.3 Å². The highest BCUT2D eigenvalue weighted by atomic mass is 32.1. The van der Waals surface area contributed by atoms with Crippen LogP contribution in [0, 0.1) is 5.92 Å². The number of carbonyl (C=O) groups excluding carboxylic acids is 2. The second kappa shape index (κ2) is 8.60. The molecule has 1 aromatic heterocycles. The zero-order chi connectivity index (χ0) is 17.6. The fourth-order valence-electron chi connectivity index (χ4n) is 2.89. The van der Waals surface area contributed by atoms with Crippen LogP contribution in [-0.2, 0) is 15.0 Å². The van der Waals surface area contributed by atoms with Gasteiger partial charge in [-0.25, -0.2) is 4.98 Å². The van der Waals surface area contributed by atoms with Crippen LogP contribution in [0.2, 0.25) is 0 Å². The number of thiazole rings is 1. The van der Waals surface area contributed by atoms with Crippen molar-refractivity contribution in [2.75, 3.05) is 11.9 Å². The third kappa shape index (κ3) is 5.89. The lowest BCUT2D eigenvalue weighted by Gasteiger charge is -2.19. The second-order valence-corrected chi connectivity index (χ2v) is 8.52. The molecule has 2 rings (SSSR count).